The van der Waals surface area contributed by atoms with Gasteiger partial charge in [-0.15, -0.1) is 11.8 Å². The molecule has 0 fully saturated rings. The summed E-state index contributed by atoms with van der Waals surface area (Å²) in [6.07, 6.45) is 2.07. The number of rotatable bonds is 2. The Morgan fingerprint density at radius 1 is 1.22 bits per heavy atom. The average Bonchev–Trinajstić information content (AvgIpc) is 2.59. The van der Waals surface area contributed by atoms with Crippen LogP contribution in [0, 0.1) is 20.8 Å². The summed E-state index contributed by atoms with van der Waals surface area (Å²) >= 11 is 5.23. The van der Waals surface area contributed by atoms with E-state index < -0.39 is 0 Å². The van der Waals surface area contributed by atoms with Gasteiger partial charge >= 0.3 is 0 Å². The molecule has 2 heterocycles. The van der Waals surface area contributed by atoms with E-state index in [0.29, 0.717) is 0 Å². The van der Waals surface area contributed by atoms with Gasteiger partial charge in [-0.25, -0.2) is 4.98 Å². The van der Waals surface area contributed by atoms with Crippen molar-refractivity contribution in [3.63, 3.8) is 0 Å². The second kappa shape index (κ2) is 5.05. The van der Waals surface area contributed by atoms with Crippen molar-refractivity contribution in [2.45, 2.75) is 25.8 Å². The molecular weight excluding hydrogens is 310 g/mol. The lowest BCUT2D eigenvalue weighted by Crippen LogP contribution is -1.95. The van der Waals surface area contributed by atoms with Crippen molar-refractivity contribution in [1.82, 2.24) is 14.8 Å². The van der Waals surface area contributed by atoms with Crippen molar-refractivity contribution in [1.29, 1.82) is 0 Å². The lowest BCUT2D eigenvalue weighted by Gasteiger charge is -2.06. The molecule has 2 aromatic rings. The maximum absolute atomic E-state index is 4.66. The summed E-state index contributed by atoms with van der Waals surface area (Å²) in [6, 6.07) is 2.10. The highest BCUT2D eigenvalue weighted by Crippen LogP contribution is 2.31. The van der Waals surface area contributed by atoms with Crippen molar-refractivity contribution in [2.75, 3.05) is 6.26 Å². The third-order valence-corrected chi connectivity index (χ3v) is 4.74. The molecule has 2 aromatic heterocycles. The molecule has 0 radical (unpaired) electrons. The van der Waals surface area contributed by atoms with Crippen LogP contribution < -0.4 is 0 Å². The number of thioether (sulfide) groups is 1. The van der Waals surface area contributed by atoms with Crippen LogP contribution >= 0.6 is 27.7 Å². The van der Waals surface area contributed by atoms with E-state index in [4.69, 9.17) is 0 Å². The first-order chi connectivity index (χ1) is 8.45. The van der Waals surface area contributed by atoms with Crippen LogP contribution in [0.4, 0.5) is 0 Å². The molecule has 0 aliphatic heterocycles. The van der Waals surface area contributed by atoms with E-state index >= 15 is 0 Å². The van der Waals surface area contributed by atoms with E-state index in [2.05, 4.69) is 52.2 Å². The fraction of sp³-hybridized carbons (Fsp3) is 0.385. The van der Waals surface area contributed by atoms with Crippen LogP contribution in [0.15, 0.2) is 15.6 Å². The lowest BCUT2D eigenvalue weighted by molar-refractivity contribution is 0.698. The Morgan fingerprint density at radius 2 is 1.89 bits per heavy atom. The monoisotopic (exact) mass is 325 g/mol. The highest BCUT2D eigenvalue weighted by molar-refractivity contribution is 9.10. The number of halogens is 1. The predicted octanol–water partition coefficient (Wildman–Crippen LogP) is 3.89. The second-order valence-electron chi connectivity index (χ2n) is 4.33. The smallest absolute Gasteiger partial charge is 0.115 e. The molecule has 0 bridgehead atoms. The quantitative estimate of drug-likeness (QED) is 0.785. The predicted molar refractivity (Wildman–Crippen MR) is 80.1 cm³/mol. The number of nitrogens with zero attached hydrogens (tertiary/aromatic N) is 3. The molecular formula is C13H16BrN3S. The molecule has 0 aliphatic carbocycles. The molecule has 0 N–H and O–H groups in total. The van der Waals surface area contributed by atoms with Gasteiger partial charge in [-0.1, -0.05) is 0 Å². The number of hydrogen-bond acceptors (Lipinski definition) is 3. The molecule has 3 nitrogen and oxygen atoms in total. The SMILES string of the molecule is CSc1c(C)c(-c2nc(C)c(Br)cc2C)nn1C. The lowest BCUT2D eigenvalue weighted by atomic mass is 10.1. The zero-order valence-electron chi connectivity index (χ0n) is 11.2. The Hall–Kier alpha value is -0.810. The number of aryl methyl sites for hydroxylation is 3. The normalized spacial score (nSPS) is 11.0. The Labute approximate surface area is 120 Å². The minimum absolute atomic E-state index is 0.976. The van der Waals surface area contributed by atoms with E-state index in [9.17, 15) is 0 Å². The zero-order valence-corrected chi connectivity index (χ0v) is 13.6. The highest BCUT2D eigenvalue weighted by Gasteiger charge is 2.17. The fourth-order valence-electron chi connectivity index (χ4n) is 2.04. The van der Waals surface area contributed by atoms with Crippen LogP contribution in [0.5, 0.6) is 0 Å². The number of hydrogen-bond donors (Lipinski definition) is 0. The van der Waals surface area contributed by atoms with E-state index in [1.807, 2.05) is 18.7 Å². The largest absolute Gasteiger partial charge is 0.261 e. The maximum Gasteiger partial charge on any atom is 0.115 e. The fourth-order valence-corrected chi connectivity index (χ4v) is 3.18. The summed E-state index contributed by atoms with van der Waals surface area (Å²) in [4.78, 5) is 4.66. The first-order valence-electron chi connectivity index (χ1n) is 5.67. The van der Waals surface area contributed by atoms with Gasteiger partial charge < -0.3 is 0 Å². The van der Waals surface area contributed by atoms with Gasteiger partial charge in [0.1, 0.15) is 5.69 Å². The van der Waals surface area contributed by atoms with Crippen molar-refractivity contribution in [2.24, 2.45) is 7.05 Å². The first kappa shape index (κ1) is 13.6. The Balaban J connectivity index is 2.66. The van der Waals surface area contributed by atoms with Gasteiger partial charge in [0.2, 0.25) is 0 Å². The molecule has 2 rings (SSSR count). The second-order valence-corrected chi connectivity index (χ2v) is 5.98. The molecule has 0 spiro atoms. The summed E-state index contributed by atoms with van der Waals surface area (Å²) < 4.78 is 2.97. The van der Waals surface area contributed by atoms with Gasteiger partial charge in [-0.05, 0) is 54.6 Å². The van der Waals surface area contributed by atoms with Crippen LogP contribution in [0.1, 0.15) is 16.8 Å². The summed E-state index contributed by atoms with van der Waals surface area (Å²) in [5.74, 6) is 0. The third-order valence-electron chi connectivity index (χ3n) is 2.98. The molecule has 0 saturated carbocycles. The van der Waals surface area contributed by atoms with Crippen LogP contribution in [0.3, 0.4) is 0 Å². The van der Waals surface area contributed by atoms with Gasteiger partial charge in [-0.2, -0.15) is 5.10 Å². The molecule has 0 saturated heterocycles. The Bertz CT molecular complexity index is 605. The summed E-state index contributed by atoms with van der Waals surface area (Å²) in [5, 5.41) is 5.79. The minimum Gasteiger partial charge on any atom is -0.261 e. The highest BCUT2D eigenvalue weighted by atomic mass is 79.9. The van der Waals surface area contributed by atoms with Crippen molar-refractivity contribution in [3.05, 3.63) is 27.4 Å². The van der Waals surface area contributed by atoms with Gasteiger partial charge in [-0.3, -0.25) is 4.68 Å². The van der Waals surface area contributed by atoms with Gasteiger partial charge in [0.05, 0.1) is 16.4 Å². The molecule has 96 valence electrons. The van der Waals surface area contributed by atoms with Gasteiger partial charge in [0.15, 0.2) is 0 Å². The number of aromatic nitrogens is 3. The maximum atomic E-state index is 4.66. The van der Waals surface area contributed by atoms with Crippen LogP contribution in [0.25, 0.3) is 11.4 Å². The zero-order chi connectivity index (χ0) is 13.4. The van der Waals surface area contributed by atoms with E-state index in [1.165, 1.54) is 10.6 Å². The molecule has 0 unspecified atom stereocenters. The van der Waals surface area contributed by atoms with Crippen molar-refractivity contribution < 1.29 is 0 Å². The summed E-state index contributed by atoms with van der Waals surface area (Å²) in [5.41, 5.74) is 5.29. The third kappa shape index (κ3) is 2.21. The first-order valence-corrected chi connectivity index (χ1v) is 7.69. The average molecular weight is 326 g/mol. The van der Waals surface area contributed by atoms with E-state index in [-0.39, 0.29) is 0 Å². The molecule has 0 aliphatic rings. The van der Waals surface area contributed by atoms with Gasteiger partial charge in [0.25, 0.3) is 0 Å². The van der Waals surface area contributed by atoms with Crippen molar-refractivity contribution in [3.8, 4) is 11.4 Å². The molecule has 0 atom stereocenters. The van der Waals surface area contributed by atoms with Crippen LogP contribution in [0.2, 0.25) is 0 Å². The van der Waals surface area contributed by atoms with Gasteiger partial charge in [0, 0.05) is 17.1 Å². The summed E-state index contributed by atoms with van der Waals surface area (Å²) in [7, 11) is 1.98. The van der Waals surface area contributed by atoms with Crippen LogP contribution in [-0.4, -0.2) is 21.0 Å². The molecule has 18 heavy (non-hydrogen) atoms. The molecule has 0 aromatic carbocycles. The molecule has 0 amide bonds. The Morgan fingerprint density at radius 3 is 2.44 bits per heavy atom. The van der Waals surface area contributed by atoms with Crippen molar-refractivity contribution >= 4 is 27.7 Å². The molecule has 5 heteroatoms. The number of pyridine rings is 1. The van der Waals surface area contributed by atoms with Crippen LogP contribution in [-0.2, 0) is 7.05 Å². The Kier molecular flexibility index (Phi) is 3.82. The standard InChI is InChI=1S/C13H16BrN3S/c1-7-6-10(14)9(3)15-11(7)12-8(2)13(18-5)17(4)16-12/h6H,1-5H3. The van der Waals surface area contributed by atoms with E-state index in [1.54, 1.807) is 11.8 Å². The minimum atomic E-state index is 0.976. The topological polar surface area (TPSA) is 30.7 Å². The summed E-state index contributed by atoms with van der Waals surface area (Å²) in [6.45, 7) is 6.17. The van der Waals surface area contributed by atoms with E-state index in [0.717, 1.165) is 27.1 Å².